The Morgan fingerprint density at radius 3 is 3.12 bits per heavy atom. The molecule has 90 valence electrons. The van der Waals surface area contributed by atoms with E-state index in [2.05, 4.69) is 11.9 Å². The average Bonchev–Trinajstić information content (AvgIpc) is 2.61. The summed E-state index contributed by atoms with van der Waals surface area (Å²) in [4.78, 5) is 14.7. The van der Waals surface area contributed by atoms with E-state index < -0.39 is 5.97 Å². The summed E-state index contributed by atoms with van der Waals surface area (Å²) in [5, 5.41) is 10.9. The van der Waals surface area contributed by atoms with Crippen LogP contribution in [-0.2, 0) is 16.0 Å². The van der Waals surface area contributed by atoms with Gasteiger partial charge < -0.3 is 9.84 Å². The predicted molar refractivity (Wildman–Crippen MR) is 65.3 cm³/mol. The minimum absolute atomic E-state index is 0.00348. The second-order valence-electron chi connectivity index (χ2n) is 3.39. The molecule has 1 atom stereocenters. The maximum atomic E-state index is 10.5. The van der Waals surface area contributed by atoms with Crippen LogP contribution in [0, 0.1) is 0 Å². The Kier molecular flexibility index (Phi) is 5.79. The molecule has 0 amide bonds. The van der Waals surface area contributed by atoms with Crippen LogP contribution >= 0.6 is 23.1 Å². The van der Waals surface area contributed by atoms with Crippen molar-refractivity contribution in [2.75, 3.05) is 13.7 Å². The number of hydrogen-bond acceptors (Lipinski definition) is 5. The van der Waals surface area contributed by atoms with Gasteiger partial charge in [-0.25, -0.2) is 4.98 Å². The Hall–Kier alpha value is -0.590. The third-order valence-corrected chi connectivity index (χ3v) is 4.08. The fourth-order valence-electron chi connectivity index (χ4n) is 1.09. The van der Waals surface area contributed by atoms with Crippen molar-refractivity contribution in [3.8, 4) is 0 Å². The molecule has 4 nitrogen and oxygen atoms in total. The van der Waals surface area contributed by atoms with Crippen LogP contribution < -0.4 is 0 Å². The van der Waals surface area contributed by atoms with Crippen molar-refractivity contribution in [1.82, 2.24) is 4.98 Å². The number of thioether (sulfide) groups is 1. The highest BCUT2D eigenvalue weighted by Crippen LogP contribution is 2.28. The number of thiazole rings is 1. The lowest BCUT2D eigenvalue weighted by atomic mass is 10.3. The van der Waals surface area contributed by atoms with Gasteiger partial charge in [0.25, 0.3) is 0 Å². The molecule has 0 bridgehead atoms. The van der Waals surface area contributed by atoms with Crippen molar-refractivity contribution in [2.45, 2.75) is 29.4 Å². The zero-order chi connectivity index (χ0) is 12.0. The van der Waals surface area contributed by atoms with Gasteiger partial charge in [-0.2, -0.15) is 0 Å². The molecule has 0 saturated heterocycles. The highest BCUT2D eigenvalue weighted by molar-refractivity contribution is 8.01. The van der Waals surface area contributed by atoms with Gasteiger partial charge >= 0.3 is 5.97 Å². The highest BCUT2D eigenvalue weighted by atomic mass is 32.2. The van der Waals surface area contributed by atoms with E-state index in [4.69, 9.17) is 9.84 Å². The predicted octanol–water partition coefficient (Wildman–Crippen LogP) is 2.29. The summed E-state index contributed by atoms with van der Waals surface area (Å²) in [7, 11) is 1.69. The van der Waals surface area contributed by atoms with Gasteiger partial charge in [0.05, 0.1) is 12.1 Å². The topological polar surface area (TPSA) is 59.4 Å². The first-order chi connectivity index (χ1) is 7.61. The number of rotatable bonds is 7. The van der Waals surface area contributed by atoms with Crippen molar-refractivity contribution in [1.29, 1.82) is 0 Å². The number of ether oxygens (including phenoxy) is 1. The SMILES string of the molecule is COCCC(C)Sc1nc(CC(=O)O)cs1. The molecule has 1 aromatic heterocycles. The molecule has 1 N–H and O–H groups in total. The van der Waals surface area contributed by atoms with Gasteiger partial charge in [-0.3, -0.25) is 4.79 Å². The van der Waals surface area contributed by atoms with E-state index in [1.807, 2.05) is 0 Å². The summed E-state index contributed by atoms with van der Waals surface area (Å²) >= 11 is 3.17. The number of carboxylic acids is 1. The van der Waals surface area contributed by atoms with E-state index in [1.54, 1.807) is 24.3 Å². The van der Waals surface area contributed by atoms with Crippen LogP contribution in [0.4, 0.5) is 0 Å². The summed E-state index contributed by atoms with van der Waals surface area (Å²) in [6.07, 6.45) is 0.971. The second-order valence-corrected chi connectivity index (χ2v) is 5.93. The molecule has 0 radical (unpaired) electrons. The highest BCUT2D eigenvalue weighted by Gasteiger charge is 2.10. The van der Waals surface area contributed by atoms with E-state index in [0.717, 1.165) is 17.4 Å². The lowest BCUT2D eigenvalue weighted by Gasteiger charge is -2.07. The normalized spacial score (nSPS) is 12.6. The molecule has 1 rings (SSSR count). The number of aliphatic carboxylic acids is 1. The largest absolute Gasteiger partial charge is 0.481 e. The molecule has 0 saturated carbocycles. The van der Waals surface area contributed by atoms with Crippen LogP contribution in [0.3, 0.4) is 0 Å². The lowest BCUT2D eigenvalue weighted by molar-refractivity contribution is -0.136. The summed E-state index contributed by atoms with van der Waals surface area (Å²) < 4.78 is 5.93. The van der Waals surface area contributed by atoms with Crippen molar-refractivity contribution < 1.29 is 14.6 Å². The minimum Gasteiger partial charge on any atom is -0.481 e. The maximum Gasteiger partial charge on any atom is 0.309 e. The summed E-state index contributed by atoms with van der Waals surface area (Å²) in [5.74, 6) is -0.839. The molecule has 0 aliphatic heterocycles. The number of aromatic nitrogens is 1. The van der Waals surface area contributed by atoms with Crippen molar-refractivity contribution >= 4 is 29.1 Å². The maximum absolute atomic E-state index is 10.5. The molecular formula is C10H15NO3S2. The molecule has 1 aromatic rings. The van der Waals surface area contributed by atoms with Gasteiger partial charge in [0, 0.05) is 24.3 Å². The zero-order valence-corrected chi connectivity index (χ0v) is 10.9. The van der Waals surface area contributed by atoms with Gasteiger partial charge in [-0.1, -0.05) is 18.7 Å². The van der Waals surface area contributed by atoms with Gasteiger partial charge in [0.1, 0.15) is 4.34 Å². The molecule has 0 aliphatic carbocycles. The number of carboxylic acid groups (broad SMARTS) is 1. The quantitative estimate of drug-likeness (QED) is 0.763. The molecule has 6 heteroatoms. The fourth-order valence-corrected chi connectivity index (χ4v) is 3.22. The smallest absolute Gasteiger partial charge is 0.309 e. The number of carbonyl (C=O) groups is 1. The van der Waals surface area contributed by atoms with Crippen molar-refractivity contribution in [2.24, 2.45) is 0 Å². The van der Waals surface area contributed by atoms with Crippen LogP contribution in [0.25, 0.3) is 0 Å². The first-order valence-corrected chi connectivity index (χ1v) is 6.69. The Labute approximate surface area is 103 Å². The van der Waals surface area contributed by atoms with E-state index in [9.17, 15) is 4.79 Å². The monoisotopic (exact) mass is 261 g/mol. The Morgan fingerprint density at radius 2 is 2.50 bits per heavy atom. The van der Waals surface area contributed by atoms with E-state index in [1.165, 1.54) is 11.3 Å². The molecule has 1 heterocycles. The molecule has 0 fully saturated rings. The van der Waals surface area contributed by atoms with Gasteiger partial charge in [0.2, 0.25) is 0 Å². The third kappa shape index (κ3) is 4.96. The zero-order valence-electron chi connectivity index (χ0n) is 9.30. The standard InChI is InChI=1S/C10H15NO3S2/c1-7(3-4-14-2)16-10-11-8(6-15-10)5-9(12)13/h6-7H,3-5H2,1-2H3,(H,12,13). The van der Waals surface area contributed by atoms with Crippen LogP contribution in [-0.4, -0.2) is 35.0 Å². The molecule has 0 aliphatic rings. The van der Waals surface area contributed by atoms with Crippen LogP contribution in [0.15, 0.2) is 9.72 Å². The minimum atomic E-state index is -0.839. The van der Waals surface area contributed by atoms with Gasteiger partial charge in [-0.15, -0.1) is 11.3 Å². The van der Waals surface area contributed by atoms with Gasteiger partial charge in [0.15, 0.2) is 0 Å². The van der Waals surface area contributed by atoms with Crippen LogP contribution in [0.5, 0.6) is 0 Å². The molecule has 0 aromatic carbocycles. The van der Waals surface area contributed by atoms with E-state index in [-0.39, 0.29) is 6.42 Å². The average molecular weight is 261 g/mol. The third-order valence-electron chi connectivity index (χ3n) is 1.89. The fraction of sp³-hybridized carbons (Fsp3) is 0.600. The summed E-state index contributed by atoms with van der Waals surface area (Å²) in [6.45, 7) is 2.85. The van der Waals surface area contributed by atoms with Crippen LogP contribution in [0.2, 0.25) is 0 Å². The van der Waals surface area contributed by atoms with Gasteiger partial charge in [-0.05, 0) is 6.42 Å². The van der Waals surface area contributed by atoms with Crippen molar-refractivity contribution in [3.63, 3.8) is 0 Å². The first-order valence-electron chi connectivity index (χ1n) is 4.93. The lowest BCUT2D eigenvalue weighted by Crippen LogP contribution is -2.02. The Bertz CT molecular complexity index is 341. The van der Waals surface area contributed by atoms with Crippen LogP contribution in [0.1, 0.15) is 19.0 Å². The number of methoxy groups -OCH3 is 1. The Morgan fingerprint density at radius 1 is 1.75 bits per heavy atom. The van der Waals surface area contributed by atoms with E-state index in [0.29, 0.717) is 10.9 Å². The molecule has 16 heavy (non-hydrogen) atoms. The first kappa shape index (κ1) is 13.5. The number of hydrogen-bond donors (Lipinski definition) is 1. The summed E-state index contributed by atoms with van der Waals surface area (Å²) in [6, 6.07) is 0. The molecule has 0 spiro atoms. The Balaban J connectivity index is 2.42. The molecule has 1 unspecified atom stereocenters. The summed E-state index contributed by atoms with van der Waals surface area (Å²) in [5.41, 5.74) is 0.638. The number of nitrogens with zero attached hydrogens (tertiary/aromatic N) is 1. The molecular weight excluding hydrogens is 246 g/mol. The van der Waals surface area contributed by atoms with Crippen molar-refractivity contribution in [3.05, 3.63) is 11.1 Å². The van der Waals surface area contributed by atoms with E-state index >= 15 is 0 Å². The second kappa shape index (κ2) is 6.88.